The number of carbonyl (C=O) groups is 1. The molecule has 4 nitrogen and oxygen atoms in total. The molecule has 1 unspecified atom stereocenters. The van der Waals surface area contributed by atoms with Gasteiger partial charge in [0.1, 0.15) is 6.04 Å². The molecule has 2 N–H and O–H groups in total. The summed E-state index contributed by atoms with van der Waals surface area (Å²) in [6.45, 7) is 5.83. The summed E-state index contributed by atoms with van der Waals surface area (Å²) in [6.07, 6.45) is 1.58. The van der Waals surface area contributed by atoms with E-state index in [4.69, 9.17) is 11.6 Å². The minimum atomic E-state index is -0.392. The van der Waals surface area contributed by atoms with Crippen LogP contribution in [-0.2, 0) is 4.79 Å². The molecular weight excluding hydrogens is 310 g/mol. The Kier molecular flexibility index (Phi) is 5.77. The van der Waals surface area contributed by atoms with Gasteiger partial charge >= 0.3 is 0 Å². The van der Waals surface area contributed by atoms with E-state index in [1.54, 1.807) is 25.3 Å². The van der Waals surface area contributed by atoms with Crippen molar-refractivity contribution in [2.75, 3.05) is 5.32 Å². The van der Waals surface area contributed by atoms with Crippen LogP contribution < -0.4 is 10.7 Å². The molecule has 1 atom stereocenters. The molecule has 120 valence electrons. The summed E-state index contributed by atoms with van der Waals surface area (Å²) in [4.78, 5) is 12.1. The minimum Gasteiger partial charge on any atom is -0.373 e. The predicted molar refractivity (Wildman–Crippen MR) is 96.2 cm³/mol. The quantitative estimate of drug-likeness (QED) is 0.645. The van der Waals surface area contributed by atoms with Crippen molar-refractivity contribution < 1.29 is 4.79 Å². The Morgan fingerprint density at radius 3 is 2.35 bits per heavy atom. The molecule has 0 saturated heterocycles. The first kappa shape index (κ1) is 17.0. The zero-order chi connectivity index (χ0) is 16.8. The van der Waals surface area contributed by atoms with Gasteiger partial charge in [0.05, 0.1) is 6.21 Å². The third kappa shape index (κ3) is 4.83. The van der Waals surface area contributed by atoms with E-state index in [-0.39, 0.29) is 5.91 Å². The van der Waals surface area contributed by atoms with Crippen LogP contribution in [0.1, 0.15) is 23.6 Å². The summed E-state index contributed by atoms with van der Waals surface area (Å²) in [7, 11) is 0. The highest BCUT2D eigenvalue weighted by atomic mass is 35.5. The molecule has 0 saturated carbocycles. The largest absolute Gasteiger partial charge is 0.373 e. The molecule has 0 radical (unpaired) electrons. The molecule has 2 aromatic carbocycles. The van der Waals surface area contributed by atoms with Crippen LogP contribution in [-0.4, -0.2) is 18.2 Å². The lowest BCUT2D eigenvalue weighted by atomic mass is 10.1. The number of halogens is 1. The molecule has 2 rings (SSSR count). The maximum absolute atomic E-state index is 12.1. The second kappa shape index (κ2) is 7.79. The maximum atomic E-state index is 12.1. The molecule has 0 heterocycles. The van der Waals surface area contributed by atoms with Crippen molar-refractivity contribution in [3.05, 3.63) is 64.2 Å². The van der Waals surface area contributed by atoms with Gasteiger partial charge < -0.3 is 5.32 Å². The molecule has 1 amide bonds. The zero-order valence-corrected chi connectivity index (χ0v) is 14.2. The van der Waals surface area contributed by atoms with Crippen molar-refractivity contribution in [3.8, 4) is 0 Å². The summed E-state index contributed by atoms with van der Waals surface area (Å²) >= 11 is 5.82. The number of benzene rings is 2. The number of para-hydroxylation sites is 1. The smallest absolute Gasteiger partial charge is 0.262 e. The Bertz CT molecular complexity index is 690. The molecule has 2 aromatic rings. The van der Waals surface area contributed by atoms with Crippen molar-refractivity contribution in [1.82, 2.24) is 5.43 Å². The highest BCUT2D eigenvalue weighted by Crippen LogP contribution is 2.20. The number of nitrogens with one attached hydrogen (secondary N) is 2. The number of anilines is 1. The normalized spacial score (nSPS) is 12.2. The molecular formula is C18H20ClN3O. The van der Waals surface area contributed by atoms with Crippen LogP contribution in [0, 0.1) is 13.8 Å². The van der Waals surface area contributed by atoms with E-state index in [1.165, 1.54) is 0 Å². The molecule has 0 spiro atoms. The second-order valence-corrected chi connectivity index (χ2v) is 5.86. The van der Waals surface area contributed by atoms with Crippen LogP contribution in [0.4, 0.5) is 5.69 Å². The third-order valence-corrected chi connectivity index (χ3v) is 3.75. The molecule has 23 heavy (non-hydrogen) atoms. The summed E-state index contributed by atoms with van der Waals surface area (Å²) in [5.41, 5.74) is 6.60. The van der Waals surface area contributed by atoms with Gasteiger partial charge in [0.2, 0.25) is 0 Å². The van der Waals surface area contributed by atoms with Gasteiger partial charge in [-0.2, -0.15) is 5.10 Å². The summed E-state index contributed by atoms with van der Waals surface area (Å²) < 4.78 is 0. The van der Waals surface area contributed by atoms with Crippen molar-refractivity contribution >= 4 is 29.4 Å². The first-order valence-electron chi connectivity index (χ1n) is 7.38. The number of carbonyl (C=O) groups excluding carboxylic acids is 1. The van der Waals surface area contributed by atoms with Crippen LogP contribution in [0.15, 0.2) is 47.6 Å². The fraction of sp³-hybridized carbons (Fsp3) is 0.222. The summed E-state index contributed by atoms with van der Waals surface area (Å²) in [5.74, 6) is -0.196. The number of hydrogen-bond acceptors (Lipinski definition) is 3. The molecule has 0 aliphatic rings. The molecule has 0 aromatic heterocycles. The fourth-order valence-electron chi connectivity index (χ4n) is 2.14. The SMILES string of the molecule is Cc1cccc(C)c1NC(C)C(=O)N/N=C/c1ccc(Cl)cc1. The van der Waals surface area contributed by atoms with Crippen LogP contribution in [0.5, 0.6) is 0 Å². The van der Waals surface area contributed by atoms with Crippen molar-refractivity contribution in [1.29, 1.82) is 0 Å². The van der Waals surface area contributed by atoms with E-state index < -0.39 is 6.04 Å². The molecule has 0 bridgehead atoms. The summed E-state index contributed by atoms with van der Waals surface area (Å²) in [6, 6.07) is 12.8. The molecule has 0 aliphatic heterocycles. The van der Waals surface area contributed by atoms with Crippen LogP contribution in [0.25, 0.3) is 0 Å². The number of hydrogen-bond donors (Lipinski definition) is 2. The Balaban J connectivity index is 1.94. The minimum absolute atomic E-state index is 0.196. The number of rotatable bonds is 5. The Morgan fingerprint density at radius 1 is 1.13 bits per heavy atom. The van der Waals surface area contributed by atoms with E-state index in [0.717, 1.165) is 22.4 Å². The van der Waals surface area contributed by atoms with Gasteiger partial charge in [0.25, 0.3) is 5.91 Å². The second-order valence-electron chi connectivity index (χ2n) is 5.42. The van der Waals surface area contributed by atoms with Gasteiger partial charge in [-0.05, 0) is 49.6 Å². The summed E-state index contributed by atoms with van der Waals surface area (Å²) in [5, 5.41) is 7.87. The first-order valence-corrected chi connectivity index (χ1v) is 7.76. The van der Waals surface area contributed by atoms with E-state index >= 15 is 0 Å². The Hall–Kier alpha value is -2.33. The van der Waals surface area contributed by atoms with E-state index in [9.17, 15) is 4.79 Å². The number of amides is 1. The van der Waals surface area contributed by atoms with Gasteiger partial charge in [0.15, 0.2) is 0 Å². The topological polar surface area (TPSA) is 53.5 Å². The van der Waals surface area contributed by atoms with E-state index in [0.29, 0.717) is 5.02 Å². The van der Waals surface area contributed by atoms with Crippen molar-refractivity contribution in [3.63, 3.8) is 0 Å². The third-order valence-electron chi connectivity index (χ3n) is 3.49. The van der Waals surface area contributed by atoms with Crippen LogP contribution >= 0.6 is 11.6 Å². The highest BCUT2D eigenvalue weighted by Gasteiger charge is 2.13. The van der Waals surface area contributed by atoms with Gasteiger partial charge in [0, 0.05) is 10.7 Å². The zero-order valence-electron chi connectivity index (χ0n) is 13.4. The van der Waals surface area contributed by atoms with Crippen molar-refractivity contribution in [2.24, 2.45) is 5.10 Å². The molecule has 0 fully saturated rings. The lowest BCUT2D eigenvalue weighted by Gasteiger charge is -2.17. The first-order chi connectivity index (χ1) is 11.0. The monoisotopic (exact) mass is 329 g/mol. The number of nitrogens with zero attached hydrogens (tertiary/aromatic N) is 1. The number of hydrazone groups is 1. The Labute approximate surface area is 141 Å². The van der Waals surface area contributed by atoms with Crippen molar-refractivity contribution in [2.45, 2.75) is 26.8 Å². The van der Waals surface area contributed by atoms with E-state index in [2.05, 4.69) is 15.8 Å². The average Bonchev–Trinajstić information content (AvgIpc) is 2.52. The Morgan fingerprint density at radius 2 is 1.74 bits per heavy atom. The lowest BCUT2D eigenvalue weighted by Crippen LogP contribution is -2.35. The van der Waals surface area contributed by atoms with Crippen LogP contribution in [0.2, 0.25) is 5.02 Å². The average molecular weight is 330 g/mol. The molecule has 5 heteroatoms. The standard InChI is InChI=1S/C18H20ClN3O/c1-12-5-4-6-13(2)17(12)21-14(3)18(23)22-20-11-15-7-9-16(19)10-8-15/h4-11,14,21H,1-3H3,(H,22,23)/b20-11+. The van der Waals surface area contributed by atoms with Gasteiger partial charge in [-0.3, -0.25) is 4.79 Å². The van der Waals surface area contributed by atoms with Gasteiger partial charge in [-0.1, -0.05) is 41.9 Å². The fourth-order valence-corrected chi connectivity index (χ4v) is 2.27. The molecule has 0 aliphatic carbocycles. The highest BCUT2D eigenvalue weighted by molar-refractivity contribution is 6.30. The van der Waals surface area contributed by atoms with Crippen LogP contribution in [0.3, 0.4) is 0 Å². The van der Waals surface area contributed by atoms with E-state index in [1.807, 2.05) is 44.2 Å². The number of aryl methyl sites for hydroxylation is 2. The maximum Gasteiger partial charge on any atom is 0.262 e. The van der Waals surface area contributed by atoms with Gasteiger partial charge in [-0.15, -0.1) is 0 Å². The lowest BCUT2D eigenvalue weighted by molar-refractivity contribution is -0.121. The predicted octanol–water partition coefficient (Wildman–Crippen LogP) is 3.91. The van der Waals surface area contributed by atoms with Gasteiger partial charge in [-0.25, -0.2) is 5.43 Å².